The van der Waals surface area contributed by atoms with Crippen molar-refractivity contribution in [1.29, 1.82) is 0 Å². The van der Waals surface area contributed by atoms with Gasteiger partial charge in [-0.25, -0.2) is 0 Å². The van der Waals surface area contributed by atoms with Gasteiger partial charge in [0, 0.05) is 12.2 Å². The molecule has 0 radical (unpaired) electrons. The van der Waals surface area contributed by atoms with Crippen molar-refractivity contribution in [2.24, 2.45) is 0 Å². The van der Waals surface area contributed by atoms with Crippen LogP contribution in [0.2, 0.25) is 0 Å². The van der Waals surface area contributed by atoms with Crippen molar-refractivity contribution in [2.45, 2.75) is 6.54 Å². The van der Waals surface area contributed by atoms with Crippen LogP contribution in [0.1, 0.15) is 5.56 Å². The lowest BCUT2D eigenvalue weighted by molar-refractivity contribution is -0.123. The summed E-state index contributed by atoms with van der Waals surface area (Å²) in [6.45, 7) is 0.403. The molecule has 0 spiro atoms. The van der Waals surface area contributed by atoms with E-state index in [1.807, 2.05) is 54.6 Å². The Morgan fingerprint density at radius 3 is 2.47 bits per heavy atom. The van der Waals surface area contributed by atoms with Gasteiger partial charge in [-0.05, 0) is 23.8 Å². The first-order valence-electron chi connectivity index (χ1n) is 6.03. The molecule has 0 aromatic heterocycles. The van der Waals surface area contributed by atoms with Crippen LogP contribution in [0.4, 0.5) is 5.69 Å². The van der Waals surface area contributed by atoms with Crippen LogP contribution in [0.15, 0.2) is 54.6 Å². The van der Waals surface area contributed by atoms with E-state index >= 15 is 0 Å². The molecule has 0 saturated heterocycles. The molecule has 4 heteroatoms. The van der Waals surface area contributed by atoms with E-state index in [0.717, 1.165) is 5.56 Å². The molecule has 4 nitrogen and oxygen atoms in total. The number of benzene rings is 2. The van der Waals surface area contributed by atoms with E-state index in [1.165, 1.54) is 0 Å². The van der Waals surface area contributed by atoms with Crippen molar-refractivity contribution in [3.8, 4) is 5.75 Å². The normalized spacial score (nSPS) is 9.89. The Balaban J connectivity index is 1.78. The average Bonchev–Trinajstić information content (AvgIpc) is 2.45. The van der Waals surface area contributed by atoms with Gasteiger partial charge in [0.1, 0.15) is 5.75 Å². The minimum Gasteiger partial charge on any atom is -0.484 e. The average molecular weight is 256 g/mol. The molecule has 3 N–H and O–H groups in total. The lowest BCUT2D eigenvalue weighted by Crippen LogP contribution is -2.28. The third-order valence-corrected chi connectivity index (χ3v) is 2.64. The fourth-order valence-corrected chi connectivity index (χ4v) is 1.61. The van der Waals surface area contributed by atoms with Crippen LogP contribution in [0.5, 0.6) is 5.75 Å². The van der Waals surface area contributed by atoms with E-state index in [9.17, 15) is 4.79 Å². The summed E-state index contributed by atoms with van der Waals surface area (Å²) in [5.41, 5.74) is 7.36. The minimum absolute atomic E-state index is 0.00322. The Morgan fingerprint density at radius 2 is 1.74 bits per heavy atom. The van der Waals surface area contributed by atoms with Crippen LogP contribution in [-0.4, -0.2) is 12.5 Å². The van der Waals surface area contributed by atoms with Crippen molar-refractivity contribution < 1.29 is 9.53 Å². The Hall–Kier alpha value is -2.49. The van der Waals surface area contributed by atoms with Gasteiger partial charge in [-0.2, -0.15) is 0 Å². The van der Waals surface area contributed by atoms with Gasteiger partial charge in [0.25, 0.3) is 5.91 Å². The van der Waals surface area contributed by atoms with Gasteiger partial charge >= 0.3 is 0 Å². The highest BCUT2D eigenvalue weighted by Gasteiger charge is 2.04. The van der Waals surface area contributed by atoms with Crippen LogP contribution >= 0.6 is 0 Å². The number of carbonyl (C=O) groups is 1. The second kappa shape index (κ2) is 6.44. The fourth-order valence-electron chi connectivity index (χ4n) is 1.61. The number of para-hydroxylation sites is 2. The van der Waals surface area contributed by atoms with Crippen molar-refractivity contribution in [3.05, 3.63) is 60.2 Å². The Labute approximate surface area is 112 Å². The second-order valence-corrected chi connectivity index (χ2v) is 4.08. The van der Waals surface area contributed by atoms with Gasteiger partial charge in [-0.1, -0.05) is 36.4 Å². The van der Waals surface area contributed by atoms with Crippen LogP contribution in [0, 0.1) is 0 Å². The van der Waals surface area contributed by atoms with Crippen molar-refractivity contribution >= 4 is 11.6 Å². The van der Waals surface area contributed by atoms with Crippen LogP contribution in [0.3, 0.4) is 0 Å². The zero-order valence-corrected chi connectivity index (χ0v) is 10.5. The largest absolute Gasteiger partial charge is 0.484 e. The van der Waals surface area contributed by atoms with E-state index < -0.39 is 0 Å². The molecular formula is C15H16N2O2. The van der Waals surface area contributed by atoms with Gasteiger partial charge in [0.05, 0.1) is 0 Å². The number of rotatable bonds is 5. The number of anilines is 1. The molecule has 19 heavy (non-hydrogen) atoms. The van der Waals surface area contributed by atoms with E-state index in [-0.39, 0.29) is 12.5 Å². The van der Waals surface area contributed by atoms with Gasteiger partial charge in [0.2, 0.25) is 0 Å². The first-order chi connectivity index (χ1) is 9.25. The number of ether oxygens (including phenoxy) is 1. The molecule has 1 amide bonds. The lowest BCUT2D eigenvalue weighted by Gasteiger charge is -2.08. The smallest absolute Gasteiger partial charge is 0.258 e. The first-order valence-corrected chi connectivity index (χ1v) is 6.03. The fraction of sp³-hybridized carbons (Fsp3) is 0.133. The summed E-state index contributed by atoms with van der Waals surface area (Å²) in [7, 11) is 0. The summed E-state index contributed by atoms with van der Waals surface area (Å²) >= 11 is 0. The molecule has 0 aliphatic rings. The predicted octanol–water partition coefficient (Wildman–Crippen LogP) is 1.96. The molecule has 0 fully saturated rings. The molecule has 2 rings (SSSR count). The van der Waals surface area contributed by atoms with Gasteiger partial charge in [-0.15, -0.1) is 0 Å². The number of nitrogens with one attached hydrogen (secondary N) is 1. The summed E-state index contributed by atoms with van der Waals surface area (Å²) < 4.78 is 5.34. The third-order valence-electron chi connectivity index (χ3n) is 2.64. The molecule has 0 bridgehead atoms. The van der Waals surface area contributed by atoms with Crippen LogP contribution in [0.25, 0.3) is 0 Å². The standard InChI is InChI=1S/C15H16N2O2/c16-14-9-5-4-6-12(14)10-17-15(18)11-19-13-7-2-1-3-8-13/h1-9H,10-11,16H2,(H,17,18). The number of nitrogens with two attached hydrogens (primary N) is 1. The molecule has 0 unspecified atom stereocenters. The highest BCUT2D eigenvalue weighted by molar-refractivity contribution is 5.77. The Bertz CT molecular complexity index is 541. The van der Waals surface area contributed by atoms with Crippen LogP contribution < -0.4 is 15.8 Å². The molecule has 0 aliphatic carbocycles. The molecular weight excluding hydrogens is 240 g/mol. The van der Waals surface area contributed by atoms with Gasteiger partial charge in [-0.3, -0.25) is 4.79 Å². The minimum atomic E-state index is -0.174. The molecule has 0 aliphatic heterocycles. The zero-order chi connectivity index (χ0) is 13.5. The van der Waals surface area contributed by atoms with Crippen molar-refractivity contribution in [3.63, 3.8) is 0 Å². The quantitative estimate of drug-likeness (QED) is 0.804. The number of hydrogen-bond donors (Lipinski definition) is 2. The van der Waals surface area contributed by atoms with E-state index in [2.05, 4.69) is 5.32 Å². The highest BCUT2D eigenvalue weighted by Crippen LogP contribution is 2.10. The van der Waals surface area contributed by atoms with Gasteiger partial charge < -0.3 is 15.8 Å². The highest BCUT2D eigenvalue weighted by atomic mass is 16.5. The summed E-state index contributed by atoms with van der Waals surface area (Å²) in [6, 6.07) is 16.7. The Morgan fingerprint density at radius 1 is 1.05 bits per heavy atom. The summed E-state index contributed by atoms with van der Waals surface area (Å²) in [4.78, 5) is 11.6. The Kier molecular flexibility index (Phi) is 4.39. The number of hydrogen-bond acceptors (Lipinski definition) is 3. The predicted molar refractivity (Wildman–Crippen MR) is 74.6 cm³/mol. The van der Waals surface area contributed by atoms with Crippen molar-refractivity contribution in [1.82, 2.24) is 5.32 Å². The third kappa shape index (κ3) is 4.03. The molecule has 2 aromatic rings. The molecule has 2 aromatic carbocycles. The maximum Gasteiger partial charge on any atom is 0.258 e. The molecule has 0 saturated carbocycles. The second-order valence-electron chi connectivity index (χ2n) is 4.08. The summed E-state index contributed by atoms with van der Waals surface area (Å²) in [6.07, 6.45) is 0. The number of carbonyl (C=O) groups excluding carboxylic acids is 1. The number of nitrogen functional groups attached to an aromatic ring is 1. The maximum absolute atomic E-state index is 11.6. The monoisotopic (exact) mass is 256 g/mol. The first kappa shape index (κ1) is 13.0. The topological polar surface area (TPSA) is 64.3 Å². The van der Waals surface area contributed by atoms with Crippen molar-refractivity contribution in [2.75, 3.05) is 12.3 Å². The SMILES string of the molecule is Nc1ccccc1CNC(=O)COc1ccccc1. The van der Waals surface area contributed by atoms with Crippen LogP contribution in [-0.2, 0) is 11.3 Å². The molecule has 0 atom stereocenters. The maximum atomic E-state index is 11.6. The zero-order valence-electron chi connectivity index (χ0n) is 10.5. The lowest BCUT2D eigenvalue weighted by atomic mass is 10.2. The van der Waals surface area contributed by atoms with E-state index in [4.69, 9.17) is 10.5 Å². The molecule has 98 valence electrons. The van der Waals surface area contributed by atoms with E-state index in [1.54, 1.807) is 0 Å². The number of amides is 1. The molecule has 0 heterocycles. The summed E-state index contributed by atoms with van der Waals surface area (Å²) in [5.74, 6) is 0.504. The van der Waals surface area contributed by atoms with Gasteiger partial charge in [0.15, 0.2) is 6.61 Å². The summed E-state index contributed by atoms with van der Waals surface area (Å²) in [5, 5.41) is 2.77. The van der Waals surface area contributed by atoms with E-state index in [0.29, 0.717) is 18.0 Å².